The Balaban J connectivity index is 2.01. The van der Waals surface area contributed by atoms with Gasteiger partial charge >= 0.3 is 0 Å². The SMILES string of the molecule is Cc1ccnc(NC(=O)c2sc3nc(C)cc(C)c3c2N)c1. The summed E-state index contributed by atoms with van der Waals surface area (Å²) in [6.07, 6.45) is 1.66. The first-order valence-electron chi connectivity index (χ1n) is 6.86. The molecule has 3 heterocycles. The number of pyridine rings is 2. The van der Waals surface area contributed by atoms with Crippen molar-refractivity contribution in [2.45, 2.75) is 20.8 Å². The molecule has 0 atom stereocenters. The number of carbonyl (C=O) groups excluding carboxylic acids is 1. The van der Waals surface area contributed by atoms with E-state index in [4.69, 9.17) is 5.73 Å². The highest BCUT2D eigenvalue weighted by atomic mass is 32.1. The predicted octanol–water partition coefficient (Wildman–Crippen LogP) is 3.45. The lowest BCUT2D eigenvalue weighted by molar-refractivity contribution is 0.103. The summed E-state index contributed by atoms with van der Waals surface area (Å²) >= 11 is 1.31. The molecule has 3 N–H and O–H groups in total. The zero-order valence-electron chi connectivity index (χ0n) is 12.6. The van der Waals surface area contributed by atoms with Crippen molar-refractivity contribution in [3.05, 3.63) is 46.1 Å². The minimum atomic E-state index is -0.254. The van der Waals surface area contributed by atoms with E-state index in [1.54, 1.807) is 6.20 Å². The maximum absolute atomic E-state index is 12.5. The fourth-order valence-electron chi connectivity index (χ4n) is 2.42. The third kappa shape index (κ3) is 2.53. The van der Waals surface area contributed by atoms with E-state index < -0.39 is 0 Å². The molecule has 0 aliphatic rings. The first-order valence-corrected chi connectivity index (χ1v) is 7.67. The summed E-state index contributed by atoms with van der Waals surface area (Å²) < 4.78 is 0. The number of aryl methyl sites for hydroxylation is 3. The summed E-state index contributed by atoms with van der Waals surface area (Å²) in [5.74, 6) is 0.262. The van der Waals surface area contributed by atoms with E-state index in [-0.39, 0.29) is 5.91 Å². The van der Waals surface area contributed by atoms with E-state index in [2.05, 4.69) is 15.3 Å². The summed E-state index contributed by atoms with van der Waals surface area (Å²) in [7, 11) is 0. The Labute approximate surface area is 132 Å². The molecule has 5 nitrogen and oxygen atoms in total. The van der Waals surface area contributed by atoms with Crippen LogP contribution in [-0.4, -0.2) is 15.9 Å². The maximum Gasteiger partial charge on any atom is 0.269 e. The van der Waals surface area contributed by atoms with Crippen molar-refractivity contribution < 1.29 is 4.79 Å². The molecule has 0 aromatic carbocycles. The largest absolute Gasteiger partial charge is 0.397 e. The Morgan fingerprint density at radius 2 is 2.05 bits per heavy atom. The molecule has 0 fully saturated rings. The second-order valence-electron chi connectivity index (χ2n) is 5.28. The van der Waals surface area contributed by atoms with Crippen LogP contribution in [0, 0.1) is 20.8 Å². The molecule has 0 spiro atoms. The van der Waals surface area contributed by atoms with Gasteiger partial charge in [0.25, 0.3) is 5.91 Å². The lowest BCUT2D eigenvalue weighted by Gasteiger charge is -2.04. The zero-order chi connectivity index (χ0) is 15.9. The van der Waals surface area contributed by atoms with Gasteiger partial charge in [0.05, 0.1) is 5.69 Å². The van der Waals surface area contributed by atoms with Gasteiger partial charge in [0.2, 0.25) is 0 Å². The van der Waals surface area contributed by atoms with Crippen LogP contribution in [0.2, 0.25) is 0 Å². The molecule has 0 saturated carbocycles. The maximum atomic E-state index is 12.5. The highest BCUT2D eigenvalue weighted by Crippen LogP contribution is 2.35. The molecule has 0 aliphatic heterocycles. The van der Waals surface area contributed by atoms with Crippen LogP contribution in [0.15, 0.2) is 24.4 Å². The van der Waals surface area contributed by atoms with Crippen LogP contribution in [0.5, 0.6) is 0 Å². The highest BCUT2D eigenvalue weighted by molar-refractivity contribution is 7.21. The standard InChI is InChI=1S/C16H16N4OS/c1-8-4-5-18-11(6-8)20-15(21)14-13(17)12-9(2)7-10(3)19-16(12)22-14/h4-7H,17H2,1-3H3,(H,18,20,21). The average Bonchev–Trinajstić information content (AvgIpc) is 2.76. The third-order valence-electron chi connectivity index (χ3n) is 3.39. The van der Waals surface area contributed by atoms with Crippen molar-refractivity contribution in [3.63, 3.8) is 0 Å². The number of carbonyl (C=O) groups is 1. The van der Waals surface area contributed by atoms with E-state index in [0.29, 0.717) is 16.4 Å². The predicted molar refractivity (Wildman–Crippen MR) is 90.4 cm³/mol. The van der Waals surface area contributed by atoms with E-state index in [0.717, 1.165) is 27.0 Å². The molecular formula is C16H16N4OS. The first-order chi connectivity index (χ1) is 10.5. The highest BCUT2D eigenvalue weighted by Gasteiger charge is 2.19. The Morgan fingerprint density at radius 3 is 2.77 bits per heavy atom. The Morgan fingerprint density at radius 1 is 1.27 bits per heavy atom. The lowest BCUT2D eigenvalue weighted by atomic mass is 10.1. The molecule has 3 rings (SSSR count). The molecule has 1 amide bonds. The lowest BCUT2D eigenvalue weighted by Crippen LogP contribution is -2.13. The van der Waals surface area contributed by atoms with Crippen molar-refractivity contribution in [1.82, 2.24) is 9.97 Å². The number of aromatic nitrogens is 2. The zero-order valence-corrected chi connectivity index (χ0v) is 13.4. The van der Waals surface area contributed by atoms with Gasteiger partial charge in [0.15, 0.2) is 0 Å². The quantitative estimate of drug-likeness (QED) is 0.759. The van der Waals surface area contributed by atoms with Crippen LogP contribution >= 0.6 is 11.3 Å². The van der Waals surface area contributed by atoms with Gasteiger partial charge in [-0.1, -0.05) is 0 Å². The number of nitrogens with two attached hydrogens (primary N) is 1. The van der Waals surface area contributed by atoms with Crippen molar-refractivity contribution in [3.8, 4) is 0 Å². The number of nitrogens with one attached hydrogen (secondary N) is 1. The van der Waals surface area contributed by atoms with Crippen molar-refractivity contribution in [1.29, 1.82) is 0 Å². The second kappa shape index (κ2) is 5.38. The van der Waals surface area contributed by atoms with Gasteiger partial charge in [0, 0.05) is 17.3 Å². The van der Waals surface area contributed by atoms with Gasteiger partial charge in [-0.25, -0.2) is 9.97 Å². The van der Waals surface area contributed by atoms with E-state index in [9.17, 15) is 4.79 Å². The number of fused-ring (bicyclic) bond motifs is 1. The van der Waals surface area contributed by atoms with Crippen LogP contribution in [0.1, 0.15) is 26.5 Å². The second-order valence-corrected chi connectivity index (χ2v) is 6.28. The summed E-state index contributed by atoms with van der Waals surface area (Å²) in [6, 6.07) is 5.66. The minimum absolute atomic E-state index is 0.254. The molecule has 0 radical (unpaired) electrons. The van der Waals surface area contributed by atoms with Crippen LogP contribution in [-0.2, 0) is 0 Å². The minimum Gasteiger partial charge on any atom is -0.397 e. The molecule has 112 valence electrons. The number of thiophene rings is 1. The molecule has 0 aliphatic carbocycles. The van der Waals surface area contributed by atoms with Gasteiger partial charge in [-0.3, -0.25) is 4.79 Å². The van der Waals surface area contributed by atoms with Crippen molar-refractivity contribution in [2.24, 2.45) is 0 Å². The number of nitrogen functional groups attached to an aromatic ring is 1. The van der Waals surface area contributed by atoms with E-state index >= 15 is 0 Å². The molecule has 3 aromatic rings. The fourth-order valence-corrected chi connectivity index (χ4v) is 3.53. The number of hydrogen-bond acceptors (Lipinski definition) is 5. The smallest absolute Gasteiger partial charge is 0.269 e. The number of rotatable bonds is 2. The van der Waals surface area contributed by atoms with E-state index in [1.807, 2.05) is 39.0 Å². The Kier molecular flexibility index (Phi) is 3.54. The molecule has 22 heavy (non-hydrogen) atoms. The van der Waals surface area contributed by atoms with Crippen molar-refractivity contribution >= 4 is 39.0 Å². The Bertz CT molecular complexity index is 885. The van der Waals surface area contributed by atoms with Crippen molar-refractivity contribution in [2.75, 3.05) is 11.1 Å². The summed E-state index contributed by atoms with van der Waals surface area (Å²) in [4.78, 5) is 22.3. The summed E-state index contributed by atoms with van der Waals surface area (Å²) in [5, 5.41) is 3.65. The molecular weight excluding hydrogens is 296 g/mol. The number of hydrogen-bond donors (Lipinski definition) is 2. The van der Waals surface area contributed by atoms with Crippen LogP contribution in [0.25, 0.3) is 10.2 Å². The molecule has 0 unspecified atom stereocenters. The molecule has 6 heteroatoms. The van der Waals surface area contributed by atoms with Crippen LogP contribution in [0.4, 0.5) is 11.5 Å². The normalized spacial score (nSPS) is 10.9. The first kappa shape index (κ1) is 14.5. The van der Waals surface area contributed by atoms with Gasteiger partial charge in [0.1, 0.15) is 15.5 Å². The van der Waals surface area contributed by atoms with E-state index in [1.165, 1.54) is 11.3 Å². The van der Waals surface area contributed by atoms with Gasteiger partial charge < -0.3 is 11.1 Å². The Hall–Kier alpha value is -2.47. The number of amides is 1. The topological polar surface area (TPSA) is 80.9 Å². The number of nitrogens with zero attached hydrogens (tertiary/aromatic N) is 2. The summed E-state index contributed by atoms with van der Waals surface area (Å²) in [6.45, 7) is 5.85. The molecule has 0 saturated heterocycles. The van der Waals surface area contributed by atoms with Gasteiger partial charge in [-0.05, 0) is 50.1 Å². The van der Waals surface area contributed by atoms with Crippen LogP contribution < -0.4 is 11.1 Å². The molecule has 3 aromatic heterocycles. The van der Waals surface area contributed by atoms with Gasteiger partial charge in [-0.2, -0.15) is 0 Å². The number of anilines is 2. The molecule has 0 bridgehead atoms. The monoisotopic (exact) mass is 312 g/mol. The van der Waals surface area contributed by atoms with Gasteiger partial charge in [-0.15, -0.1) is 11.3 Å². The van der Waals surface area contributed by atoms with Crippen LogP contribution in [0.3, 0.4) is 0 Å². The average molecular weight is 312 g/mol. The summed E-state index contributed by atoms with van der Waals surface area (Å²) in [5.41, 5.74) is 9.62. The third-order valence-corrected chi connectivity index (χ3v) is 4.49. The fraction of sp³-hybridized carbons (Fsp3) is 0.188.